The van der Waals surface area contributed by atoms with E-state index in [0.717, 1.165) is 32.1 Å². The number of rotatable bonds is 4. The largest absolute Gasteiger partial charge is 0.465 e. The fourth-order valence-corrected chi connectivity index (χ4v) is 7.83. The van der Waals surface area contributed by atoms with Gasteiger partial charge in [-0.25, -0.2) is 0 Å². The van der Waals surface area contributed by atoms with Crippen LogP contribution in [-0.4, -0.2) is 60.6 Å². The highest BCUT2D eigenvalue weighted by Crippen LogP contribution is 2.72. The van der Waals surface area contributed by atoms with E-state index in [9.17, 15) is 14.4 Å². The van der Waals surface area contributed by atoms with Crippen molar-refractivity contribution in [3.05, 3.63) is 0 Å². The van der Waals surface area contributed by atoms with E-state index in [1.165, 1.54) is 6.92 Å². The zero-order valence-corrected chi connectivity index (χ0v) is 21.1. The van der Waals surface area contributed by atoms with Gasteiger partial charge in [0.2, 0.25) is 0 Å². The van der Waals surface area contributed by atoms with E-state index in [-0.39, 0.29) is 54.8 Å². The monoisotopic (exact) mass is 478 g/mol. The van der Waals surface area contributed by atoms with Crippen molar-refractivity contribution in [3.63, 3.8) is 0 Å². The molecule has 5 fully saturated rings. The molecule has 34 heavy (non-hydrogen) atoms. The molecule has 5 rings (SSSR count). The second-order valence-corrected chi connectivity index (χ2v) is 12.1. The summed E-state index contributed by atoms with van der Waals surface area (Å²) >= 11 is 0. The molecule has 0 amide bonds. The molecule has 0 N–H and O–H groups in total. The quantitative estimate of drug-likeness (QED) is 0.345. The number of hydrogen-bond donors (Lipinski definition) is 0. The van der Waals surface area contributed by atoms with Crippen LogP contribution < -0.4 is 0 Å². The molecule has 8 heteroatoms. The molecule has 0 bridgehead atoms. The normalized spacial score (nSPS) is 47.2. The van der Waals surface area contributed by atoms with Crippen LogP contribution in [0.15, 0.2) is 0 Å². The summed E-state index contributed by atoms with van der Waals surface area (Å²) in [6, 6.07) is 0. The lowest BCUT2D eigenvalue weighted by Crippen LogP contribution is -2.74. The predicted molar refractivity (Wildman–Crippen MR) is 120 cm³/mol. The molecule has 190 valence electrons. The standard InChI is InChI=1S/C26H38O8/c1-16(2)21(29)33-19-11-23(5)22(4,9-10-24(34-23)12-20(28)31-13-24)18-7-6-8-25(14-32-25)26(18,19)15-30-17(3)27/h16,18-19H,6-15H2,1-5H3. The van der Waals surface area contributed by atoms with Gasteiger partial charge in [-0.2, -0.15) is 0 Å². The Balaban J connectivity index is 1.60. The minimum absolute atomic E-state index is 0.0645. The third-order valence-corrected chi connectivity index (χ3v) is 9.91. The lowest BCUT2D eigenvalue weighted by molar-refractivity contribution is -0.325. The maximum Gasteiger partial charge on any atom is 0.308 e. The molecule has 2 aliphatic carbocycles. The number of epoxide rings is 1. The van der Waals surface area contributed by atoms with Gasteiger partial charge in [0, 0.05) is 18.8 Å². The fourth-order valence-electron chi connectivity index (χ4n) is 7.83. The van der Waals surface area contributed by atoms with Gasteiger partial charge in [0.1, 0.15) is 30.5 Å². The summed E-state index contributed by atoms with van der Waals surface area (Å²) in [6.45, 7) is 10.5. The summed E-state index contributed by atoms with van der Waals surface area (Å²) in [5.74, 6) is -1.07. The van der Waals surface area contributed by atoms with Crippen molar-refractivity contribution in [3.8, 4) is 0 Å². The van der Waals surface area contributed by atoms with Crippen LogP contribution in [0.3, 0.4) is 0 Å². The molecule has 0 aromatic carbocycles. The van der Waals surface area contributed by atoms with Crippen LogP contribution in [0.1, 0.15) is 79.6 Å². The van der Waals surface area contributed by atoms with Crippen molar-refractivity contribution < 1.29 is 38.1 Å². The third-order valence-electron chi connectivity index (χ3n) is 9.91. The molecule has 7 atom stereocenters. The van der Waals surface area contributed by atoms with Gasteiger partial charge in [0.25, 0.3) is 0 Å². The average molecular weight is 479 g/mol. The van der Waals surface area contributed by atoms with Crippen molar-refractivity contribution in [2.45, 2.75) is 102 Å². The van der Waals surface area contributed by atoms with Gasteiger partial charge >= 0.3 is 17.9 Å². The number of carbonyl (C=O) groups is 3. The van der Waals surface area contributed by atoms with Crippen molar-refractivity contribution in [1.29, 1.82) is 0 Å². The zero-order chi connectivity index (χ0) is 24.6. The number of fused-ring (bicyclic) bond motifs is 4. The molecular weight excluding hydrogens is 440 g/mol. The number of ether oxygens (including phenoxy) is 5. The molecule has 0 aromatic heterocycles. The highest BCUT2D eigenvalue weighted by atomic mass is 16.6. The van der Waals surface area contributed by atoms with Crippen LogP contribution in [-0.2, 0) is 38.1 Å². The molecule has 0 aromatic rings. The molecule has 7 unspecified atom stereocenters. The Labute approximate surface area is 201 Å². The number of carbonyl (C=O) groups excluding carboxylic acids is 3. The highest BCUT2D eigenvalue weighted by Gasteiger charge is 2.79. The van der Waals surface area contributed by atoms with Gasteiger partial charge in [0.15, 0.2) is 0 Å². The van der Waals surface area contributed by atoms with E-state index < -0.39 is 28.3 Å². The van der Waals surface area contributed by atoms with E-state index in [1.807, 2.05) is 13.8 Å². The lowest BCUT2D eigenvalue weighted by Gasteiger charge is -2.69. The first-order chi connectivity index (χ1) is 15.9. The van der Waals surface area contributed by atoms with E-state index >= 15 is 0 Å². The highest BCUT2D eigenvalue weighted by molar-refractivity contribution is 5.73. The van der Waals surface area contributed by atoms with Crippen molar-refractivity contribution in [2.24, 2.45) is 22.7 Å². The van der Waals surface area contributed by atoms with Gasteiger partial charge in [-0.15, -0.1) is 0 Å². The summed E-state index contributed by atoms with van der Waals surface area (Å²) in [6.07, 6.45) is 4.55. The topological polar surface area (TPSA) is 101 Å². The predicted octanol–water partition coefficient (Wildman–Crippen LogP) is 3.34. The second kappa shape index (κ2) is 7.66. The summed E-state index contributed by atoms with van der Waals surface area (Å²) in [4.78, 5) is 37.0. The van der Waals surface area contributed by atoms with Crippen LogP contribution in [0.2, 0.25) is 0 Å². The van der Waals surface area contributed by atoms with Gasteiger partial charge in [0.05, 0.1) is 30.0 Å². The molecule has 3 saturated heterocycles. The molecule has 3 heterocycles. The molecule has 8 nitrogen and oxygen atoms in total. The van der Waals surface area contributed by atoms with Crippen molar-refractivity contribution >= 4 is 17.9 Å². The Morgan fingerprint density at radius 1 is 1.15 bits per heavy atom. The number of cyclic esters (lactones) is 1. The summed E-state index contributed by atoms with van der Waals surface area (Å²) in [5, 5.41) is 0. The van der Waals surface area contributed by atoms with Crippen LogP contribution in [0, 0.1) is 22.7 Å². The second-order valence-electron chi connectivity index (χ2n) is 12.1. The molecule has 2 spiro atoms. The van der Waals surface area contributed by atoms with Crippen LogP contribution in [0.25, 0.3) is 0 Å². The third kappa shape index (κ3) is 3.27. The van der Waals surface area contributed by atoms with E-state index in [0.29, 0.717) is 13.0 Å². The average Bonchev–Trinajstić information content (AvgIpc) is 3.44. The zero-order valence-electron chi connectivity index (χ0n) is 21.1. The van der Waals surface area contributed by atoms with Crippen LogP contribution >= 0.6 is 0 Å². The maximum absolute atomic E-state index is 13.0. The minimum atomic E-state index is -0.640. The number of hydrogen-bond acceptors (Lipinski definition) is 8. The van der Waals surface area contributed by atoms with E-state index in [1.54, 1.807) is 0 Å². The Bertz CT molecular complexity index is 895. The minimum Gasteiger partial charge on any atom is -0.465 e. The molecular formula is C26H38O8. The molecule has 2 saturated carbocycles. The molecule has 5 aliphatic rings. The Hall–Kier alpha value is -1.67. The SMILES string of the molecule is CC(=O)OCC12C(OC(=O)C(C)C)CC3(C)OC4(CCC3(C)C1CCCC21CO1)COC(=O)C4. The Morgan fingerprint density at radius 3 is 2.47 bits per heavy atom. The molecule has 0 radical (unpaired) electrons. The van der Waals surface area contributed by atoms with Crippen molar-refractivity contribution in [2.75, 3.05) is 19.8 Å². The van der Waals surface area contributed by atoms with Gasteiger partial charge in [-0.05, 0) is 38.5 Å². The van der Waals surface area contributed by atoms with Gasteiger partial charge in [-0.1, -0.05) is 27.2 Å². The summed E-state index contributed by atoms with van der Waals surface area (Å²) < 4.78 is 30.4. The van der Waals surface area contributed by atoms with Gasteiger partial charge < -0.3 is 23.7 Å². The van der Waals surface area contributed by atoms with E-state index in [4.69, 9.17) is 23.7 Å². The lowest BCUT2D eigenvalue weighted by atomic mass is 9.41. The van der Waals surface area contributed by atoms with E-state index in [2.05, 4.69) is 13.8 Å². The smallest absolute Gasteiger partial charge is 0.308 e. The van der Waals surface area contributed by atoms with Gasteiger partial charge in [-0.3, -0.25) is 14.4 Å². The van der Waals surface area contributed by atoms with Crippen LogP contribution in [0.4, 0.5) is 0 Å². The first-order valence-corrected chi connectivity index (χ1v) is 12.7. The van der Waals surface area contributed by atoms with Crippen LogP contribution in [0.5, 0.6) is 0 Å². The Kier molecular flexibility index (Phi) is 5.42. The Morgan fingerprint density at radius 2 is 1.88 bits per heavy atom. The first kappa shape index (κ1) is 24.0. The fraction of sp³-hybridized carbons (Fsp3) is 0.885. The molecule has 3 aliphatic heterocycles. The number of esters is 3. The van der Waals surface area contributed by atoms with Crippen molar-refractivity contribution in [1.82, 2.24) is 0 Å². The summed E-state index contributed by atoms with van der Waals surface area (Å²) in [7, 11) is 0. The summed E-state index contributed by atoms with van der Waals surface area (Å²) in [5.41, 5.74) is -2.63. The maximum atomic E-state index is 13.0. The first-order valence-electron chi connectivity index (χ1n) is 12.7.